The van der Waals surface area contributed by atoms with Crippen LogP contribution < -0.4 is 0 Å². The van der Waals surface area contributed by atoms with E-state index in [4.69, 9.17) is 23.7 Å². The minimum atomic E-state index is -1.91. The first-order chi connectivity index (χ1) is 32.6. The molecule has 0 saturated carbocycles. The largest absolute Gasteiger partial charge is 0.479 e. The van der Waals surface area contributed by atoms with Crippen LogP contribution >= 0.6 is 0 Å². The van der Waals surface area contributed by atoms with Crippen molar-refractivity contribution in [3.05, 3.63) is 48.6 Å². The van der Waals surface area contributed by atoms with Gasteiger partial charge in [-0.05, 0) is 70.6 Å². The van der Waals surface area contributed by atoms with Gasteiger partial charge in [0.05, 0.1) is 6.61 Å². The van der Waals surface area contributed by atoms with Gasteiger partial charge in [-0.25, -0.2) is 4.79 Å². The van der Waals surface area contributed by atoms with E-state index < -0.39 is 67.3 Å². The van der Waals surface area contributed by atoms with Gasteiger partial charge in [0.1, 0.15) is 18.8 Å². The number of carboxylic acid groups (broad SMARTS) is 1. The predicted octanol–water partition coefficient (Wildman–Crippen LogP) is 12.7. The number of aliphatic hydroxyl groups excluding tert-OH is 2. The second kappa shape index (κ2) is 43.9. The SMILES string of the molecule is CC/C=C\C/C=C\C/C=C\CCCCCCCC(=O)OC1C(OCC(COC(=O)CCCCCCC/C=C\CCCC)OC(=O)CCCCCCCCCCCCC)OC(C(=O)O)C(O)C1O. The molecule has 1 rings (SSSR count). The Labute approximate surface area is 405 Å². The highest BCUT2D eigenvalue weighted by molar-refractivity contribution is 5.74. The highest BCUT2D eigenvalue weighted by Crippen LogP contribution is 2.26. The van der Waals surface area contributed by atoms with Crippen molar-refractivity contribution in [1.29, 1.82) is 0 Å². The Hall–Kier alpha value is -3.32. The van der Waals surface area contributed by atoms with Crippen molar-refractivity contribution in [2.24, 2.45) is 0 Å². The number of aliphatic hydroxyl groups is 2. The average molecular weight is 947 g/mol. The molecule has 6 atom stereocenters. The number of carboxylic acids is 1. The third-order valence-electron chi connectivity index (χ3n) is 11.9. The molecule has 0 aromatic heterocycles. The summed E-state index contributed by atoms with van der Waals surface area (Å²) < 4.78 is 28.3. The molecule has 67 heavy (non-hydrogen) atoms. The molecule has 0 aromatic carbocycles. The molecule has 0 radical (unpaired) electrons. The lowest BCUT2D eigenvalue weighted by atomic mass is 9.98. The second-order valence-corrected chi connectivity index (χ2v) is 18.1. The van der Waals surface area contributed by atoms with Gasteiger partial charge in [-0.3, -0.25) is 14.4 Å². The number of hydrogen-bond acceptors (Lipinski definition) is 11. The van der Waals surface area contributed by atoms with Crippen molar-refractivity contribution < 1.29 is 58.2 Å². The van der Waals surface area contributed by atoms with Gasteiger partial charge in [0.25, 0.3) is 0 Å². The second-order valence-electron chi connectivity index (χ2n) is 18.1. The lowest BCUT2D eigenvalue weighted by Gasteiger charge is -2.40. The number of rotatable bonds is 44. The van der Waals surface area contributed by atoms with Gasteiger partial charge in [-0.2, -0.15) is 0 Å². The summed E-state index contributed by atoms with van der Waals surface area (Å²) in [6.45, 7) is 5.80. The molecule has 0 aliphatic carbocycles. The van der Waals surface area contributed by atoms with Gasteiger partial charge in [0.15, 0.2) is 24.6 Å². The topological polar surface area (TPSA) is 175 Å². The van der Waals surface area contributed by atoms with Crippen LogP contribution in [-0.4, -0.2) is 89.2 Å². The Kier molecular flexibility index (Phi) is 40.4. The lowest BCUT2D eigenvalue weighted by molar-refractivity contribution is -0.301. The quantitative estimate of drug-likeness (QED) is 0.0228. The summed E-state index contributed by atoms with van der Waals surface area (Å²) in [6.07, 6.45) is 38.1. The van der Waals surface area contributed by atoms with Gasteiger partial charge in [-0.15, -0.1) is 0 Å². The maximum absolute atomic E-state index is 13.0. The van der Waals surface area contributed by atoms with Crippen molar-refractivity contribution in [3.8, 4) is 0 Å². The zero-order valence-corrected chi connectivity index (χ0v) is 42.1. The molecule has 0 spiro atoms. The Balaban J connectivity index is 2.73. The van der Waals surface area contributed by atoms with Crippen LogP contribution in [-0.2, 0) is 42.9 Å². The molecule has 0 aromatic rings. The molecule has 386 valence electrons. The first-order valence-electron chi connectivity index (χ1n) is 26.6. The number of carbonyl (C=O) groups excluding carboxylic acids is 3. The molecule has 1 aliphatic heterocycles. The zero-order valence-electron chi connectivity index (χ0n) is 42.1. The summed E-state index contributed by atoms with van der Waals surface area (Å²) >= 11 is 0. The molecule has 12 nitrogen and oxygen atoms in total. The van der Waals surface area contributed by atoms with Crippen LogP contribution in [0, 0.1) is 0 Å². The summed E-state index contributed by atoms with van der Waals surface area (Å²) in [5, 5.41) is 31.3. The smallest absolute Gasteiger partial charge is 0.335 e. The number of hydrogen-bond donors (Lipinski definition) is 3. The maximum Gasteiger partial charge on any atom is 0.335 e. The van der Waals surface area contributed by atoms with Crippen LogP contribution in [0.15, 0.2) is 48.6 Å². The maximum atomic E-state index is 13.0. The highest BCUT2D eigenvalue weighted by Gasteiger charge is 2.50. The third-order valence-corrected chi connectivity index (χ3v) is 11.9. The minimum absolute atomic E-state index is 0.0415. The number of ether oxygens (including phenoxy) is 5. The first kappa shape index (κ1) is 61.7. The van der Waals surface area contributed by atoms with E-state index in [0.29, 0.717) is 19.3 Å². The van der Waals surface area contributed by atoms with Crippen LogP contribution in [0.5, 0.6) is 0 Å². The standard InChI is InChI=1S/C55H94O12/c1-4-7-10-13-16-19-22-23-24-25-28-31-34-37-40-43-49(58)66-53-51(60)50(59)52(54(61)62)67-55(53)64-45-46(65-48(57)42-39-36-33-30-27-21-18-15-12-9-6-3)44-63-47(56)41-38-35-32-29-26-20-17-14-11-8-5-2/h7,10,14,16-17,19,23-24,46,50-53,55,59-60H,4-6,8-9,11-13,15,18,20-22,25-45H2,1-3H3,(H,61,62)/b10-7-,17-14-,19-16-,24-23-. The Morgan fingerprint density at radius 1 is 0.507 bits per heavy atom. The van der Waals surface area contributed by atoms with E-state index in [9.17, 15) is 34.5 Å². The predicted molar refractivity (Wildman–Crippen MR) is 266 cm³/mol. The lowest BCUT2D eigenvalue weighted by Crippen LogP contribution is -2.61. The van der Waals surface area contributed by atoms with E-state index in [1.54, 1.807) is 0 Å². The molecule has 12 heteroatoms. The van der Waals surface area contributed by atoms with Gasteiger partial charge in [0.2, 0.25) is 0 Å². The van der Waals surface area contributed by atoms with Gasteiger partial charge >= 0.3 is 23.9 Å². The fourth-order valence-corrected chi connectivity index (χ4v) is 7.77. The number of aliphatic carboxylic acids is 1. The number of unbranched alkanes of at least 4 members (excludes halogenated alkanes) is 22. The number of allylic oxidation sites excluding steroid dienone is 8. The van der Waals surface area contributed by atoms with Crippen molar-refractivity contribution in [3.63, 3.8) is 0 Å². The Morgan fingerprint density at radius 2 is 0.955 bits per heavy atom. The fourth-order valence-electron chi connectivity index (χ4n) is 7.77. The molecular formula is C55H94O12. The molecule has 6 unspecified atom stereocenters. The Morgan fingerprint density at radius 3 is 1.49 bits per heavy atom. The van der Waals surface area contributed by atoms with E-state index in [2.05, 4.69) is 69.4 Å². The fraction of sp³-hybridized carbons (Fsp3) is 0.782. The molecule has 1 aliphatic rings. The van der Waals surface area contributed by atoms with Crippen molar-refractivity contribution in [2.75, 3.05) is 13.2 Å². The van der Waals surface area contributed by atoms with Crippen LogP contribution in [0.4, 0.5) is 0 Å². The minimum Gasteiger partial charge on any atom is -0.479 e. The summed E-state index contributed by atoms with van der Waals surface area (Å²) in [4.78, 5) is 50.8. The van der Waals surface area contributed by atoms with Gasteiger partial charge < -0.3 is 39.0 Å². The van der Waals surface area contributed by atoms with Crippen LogP contribution in [0.25, 0.3) is 0 Å². The monoisotopic (exact) mass is 947 g/mol. The molecule has 0 amide bonds. The molecule has 1 saturated heterocycles. The normalized spacial score (nSPS) is 19.2. The summed E-state index contributed by atoms with van der Waals surface area (Å²) in [5.41, 5.74) is 0. The van der Waals surface area contributed by atoms with Crippen LogP contribution in [0.2, 0.25) is 0 Å². The molecule has 1 fully saturated rings. The molecule has 1 heterocycles. The van der Waals surface area contributed by atoms with E-state index >= 15 is 0 Å². The van der Waals surface area contributed by atoms with E-state index in [1.165, 1.54) is 57.8 Å². The summed E-state index contributed by atoms with van der Waals surface area (Å²) in [6, 6.07) is 0. The van der Waals surface area contributed by atoms with Crippen LogP contribution in [0.3, 0.4) is 0 Å². The van der Waals surface area contributed by atoms with Crippen molar-refractivity contribution in [1.82, 2.24) is 0 Å². The van der Waals surface area contributed by atoms with E-state index in [1.807, 2.05) is 0 Å². The van der Waals surface area contributed by atoms with Crippen LogP contribution in [0.1, 0.15) is 226 Å². The highest BCUT2D eigenvalue weighted by atomic mass is 16.7. The van der Waals surface area contributed by atoms with E-state index in [-0.39, 0.29) is 25.9 Å². The Bertz CT molecular complexity index is 1360. The van der Waals surface area contributed by atoms with Crippen molar-refractivity contribution >= 4 is 23.9 Å². The summed E-state index contributed by atoms with van der Waals surface area (Å²) in [5.74, 6) is -3.15. The molecule has 0 bridgehead atoms. The molecule has 3 N–H and O–H groups in total. The first-order valence-corrected chi connectivity index (χ1v) is 26.6. The molecular weight excluding hydrogens is 853 g/mol. The van der Waals surface area contributed by atoms with E-state index in [0.717, 1.165) is 109 Å². The third kappa shape index (κ3) is 34.6. The van der Waals surface area contributed by atoms with Crippen molar-refractivity contribution in [2.45, 2.75) is 263 Å². The van der Waals surface area contributed by atoms with Gasteiger partial charge in [0, 0.05) is 19.3 Å². The summed E-state index contributed by atoms with van der Waals surface area (Å²) in [7, 11) is 0. The zero-order chi connectivity index (χ0) is 49.0. The average Bonchev–Trinajstić information content (AvgIpc) is 3.31. The number of esters is 3. The van der Waals surface area contributed by atoms with Gasteiger partial charge in [-0.1, -0.05) is 185 Å². The number of carbonyl (C=O) groups is 4.